The van der Waals surface area contributed by atoms with Gasteiger partial charge in [-0.05, 0) is 39.2 Å². The van der Waals surface area contributed by atoms with Crippen molar-refractivity contribution >= 4 is 27.3 Å². The lowest BCUT2D eigenvalue weighted by atomic mass is 10.00. The van der Waals surface area contributed by atoms with Crippen molar-refractivity contribution in [2.45, 2.75) is 18.9 Å². The number of ether oxygens (including phenoxy) is 1. The summed E-state index contributed by atoms with van der Waals surface area (Å²) in [5.41, 5.74) is 5.42. The standard InChI is InChI=1S/C14H15BrN2OS/c15-11-6-12(19-8-11)7-13(17-16)9-1-2-14-10(5-9)3-4-18-14/h1-2,5-6,8,13,17H,3-4,7,16H2. The predicted molar refractivity (Wildman–Crippen MR) is 81.4 cm³/mol. The lowest BCUT2D eigenvalue weighted by Gasteiger charge is -2.16. The van der Waals surface area contributed by atoms with Gasteiger partial charge in [0.25, 0.3) is 0 Å². The molecule has 1 aromatic heterocycles. The molecule has 1 aliphatic heterocycles. The molecule has 3 nitrogen and oxygen atoms in total. The number of hydrogen-bond acceptors (Lipinski definition) is 4. The van der Waals surface area contributed by atoms with Gasteiger partial charge in [-0.3, -0.25) is 11.3 Å². The predicted octanol–water partition coefficient (Wildman–Crippen LogP) is 3.19. The molecule has 19 heavy (non-hydrogen) atoms. The second-order valence-electron chi connectivity index (χ2n) is 4.62. The Balaban J connectivity index is 1.82. The Hall–Kier alpha value is -0.880. The van der Waals surface area contributed by atoms with E-state index < -0.39 is 0 Å². The number of nitrogens with two attached hydrogens (primary N) is 1. The molecule has 3 N–H and O–H groups in total. The highest BCUT2D eigenvalue weighted by molar-refractivity contribution is 9.10. The van der Waals surface area contributed by atoms with Crippen LogP contribution in [-0.2, 0) is 12.8 Å². The Morgan fingerprint density at radius 2 is 2.32 bits per heavy atom. The van der Waals surface area contributed by atoms with E-state index in [4.69, 9.17) is 10.6 Å². The number of hydrogen-bond donors (Lipinski definition) is 2. The van der Waals surface area contributed by atoms with E-state index in [0.717, 1.165) is 29.7 Å². The van der Waals surface area contributed by atoms with Crippen LogP contribution in [0.1, 0.15) is 22.0 Å². The van der Waals surface area contributed by atoms with E-state index in [9.17, 15) is 0 Å². The van der Waals surface area contributed by atoms with Crippen LogP contribution in [0.25, 0.3) is 0 Å². The van der Waals surface area contributed by atoms with E-state index in [2.05, 4.69) is 44.9 Å². The number of fused-ring (bicyclic) bond motifs is 1. The number of hydrazine groups is 1. The van der Waals surface area contributed by atoms with Crippen LogP contribution in [0.5, 0.6) is 5.75 Å². The Morgan fingerprint density at radius 1 is 1.42 bits per heavy atom. The minimum atomic E-state index is 0.136. The van der Waals surface area contributed by atoms with E-state index in [-0.39, 0.29) is 6.04 Å². The first-order chi connectivity index (χ1) is 9.26. The van der Waals surface area contributed by atoms with E-state index in [0.29, 0.717) is 0 Å². The van der Waals surface area contributed by atoms with Crippen molar-refractivity contribution in [1.82, 2.24) is 5.43 Å². The number of thiophene rings is 1. The monoisotopic (exact) mass is 338 g/mol. The molecule has 5 heteroatoms. The van der Waals surface area contributed by atoms with Crippen molar-refractivity contribution in [1.29, 1.82) is 0 Å². The molecule has 100 valence electrons. The first-order valence-electron chi connectivity index (χ1n) is 6.21. The zero-order valence-electron chi connectivity index (χ0n) is 10.4. The molecule has 2 heterocycles. The van der Waals surface area contributed by atoms with Gasteiger partial charge in [0.1, 0.15) is 5.75 Å². The van der Waals surface area contributed by atoms with Crippen LogP contribution in [-0.4, -0.2) is 6.61 Å². The van der Waals surface area contributed by atoms with E-state index in [1.54, 1.807) is 11.3 Å². The Kier molecular flexibility index (Phi) is 3.88. The number of rotatable bonds is 4. The minimum absolute atomic E-state index is 0.136. The first-order valence-corrected chi connectivity index (χ1v) is 7.88. The molecule has 1 atom stereocenters. The topological polar surface area (TPSA) is 47.3 Å². The zero-order chi connectivity index (χ0) is 13.2. The van der Waals surface area contributed by atoms with Crippen LogP contribution in [0.3, 0.4) is 0 Å². The summed E-state index contributed by atoms with van der Waals surface area (Å²) in [7, 11) is 0. The number of halogens is 1. The highest BCUT2D eigenvalue weighted by Crippen LogP contribution is 2.30. The summed E-state index contributed by atoms with van der Waals surface area (Å²) in [5, 5.41) is 2.10. The third kappa shape index (κ3) is 2.84. The highest BCUT2D eigenvalue weighted by Gasteiger charge is 2.17. The first kappa shape index (κ1) is 13.1. The van der Waals surface area contributed by atoms with Crippen LogP contribution < -0.4 is 16.0 Å². The third-order valence-electron chi connectivity index (χ3n) is 3.34. The SMILES string of the molecule is NNC(Cc1cc(Br)cs1)c1ccc2c(c1)CCO2. The summed E-state index contributed by atoms with van der Waals surface area (Å²) >= 11 is 5.23. The fourth-order valence-electron chi connectivity index (χ4n) is 2.36. The average Bonchev–Trinajstić information content (AvgIpc) is 3.03. The Morgan fingerprint density at radius 3 is 3.05 bits per heavy atom. The maximum atomic E-state index is 5.72. The maximum absolute atomic E-state index is 5.72. The highest BCUT2D eigenvalue weighted by atomic mass is 79.9. The van der Waals surface area contributed by atoms with Gasteiger partial charge in [-0.2, -0.15) is 0 Å². The fourth-order valence-corrected chi connectivity index (χ4v) is 3.86. The van der Waals surface area contributed by atoms with Crippen LogP contribution in [0, 0.1) is 0 Å². The molecule has 0 saturated carbocycles. The summed E-state index contributed by atoms with van der Waals surface area (Å²) in [4.78, 5) is 1.31. The molecular weight excluding hydrogens is 324 g/mol. The van der Waals surface area contributed by atoms with E-state index in [1.807, 2.05) is 6.07 Å². The largest absolute Gasteiger partial charge is 0.493 e. The Labute approximate surface area is 124 Å². The van der Waals surface area contributed by atoms with E-state index in [1.165, 1.54) is 16.0 Å². The molecule has 0 aliphatic carbocycles. The van der Waals surface area contributed by atoms with Crippen molar-refractivity contribution < 1.29 is 4.74 Å². The lowest BCUT2D eigenvalue weighted by Crippen LogP contribution is -2.29. The summed E-state index contributed by atoms with van der Waals surface area (Å²) in [6, 6.07) is 8.63. The second kappa shape index (κ2) is 5.63. The number of benzene rings is 1. The minimum Gasteiger partial charge on any atom is -0.493 e. The van der Waals surface area contributed by atoms with Gasteiger partial charge in [0, 0.05) is 27.6 Å². The van der Waals surface area contributed by atoms with Crippen LogP contribution >= 0.6 is 27.3 Å². The zero-order valence-corrected chi connectivity index (χ0v) is 12.8. The Bertz CT molecular complexity index is 585. The molecule has 0 radical (unpaired) electrons. The summed E-state index contributed by atoms with van der Waals surface area (Å²) in [6.07, 6.45) is 1.89. The lowest BCUT2D eigenvalue weighted by molar-refractivity contribution is 0.356. The van der Waals surface area contributed by atoms with Crippen molar-refractivity contribution in [2.24, 2.45) is 5.84 Å². The third-order valence-corrected chi connectivity index (χ3v) is 5.06. The van der Waals surface area contributed by atoms with Crippen LogP contribution in [0.15, 0.2) is 34.1 Å². The molecule has 0 amide bonds. The normalized spacial score (nSPS) is 15.1. The van der Waals surface area contributed by atoms with E-state index >= 15 is 0 Å². The van der Waals surface area contributed by atoms with Gasteiger partial charge in [0.2, 0.25) is 0 Å². The fraction of sp³-hybridized carbons (Fsp3) is 0.286. The summed E-state index contributed by atoms with van der Waals surface area (Å²) in [6.45, 7) is 0.789. The molecule has 0 fully saturated rings. The van der Waals surface area contributed by atoms with Gasteiger partial charge in [-0.1, -0.05) is 12.1 Å². The molecule has 0 saturated heterocycles. The summed E-state index contributed by atoms with van der Waals surface area (Å²) in [5.74, 6) is 6.73. The van der Waals surface area contributed by atoms with Crippen molar-refractivity contribution in [3.63, 3.8) is 0 Å². The number of nitrogens with one attached hydrogen (secondary N) is 1. The van der Waals surface area contributed by atoms with Crippen molar-refractivity contribution in [3.05, 3.63) is 50.1 Å². The van der Waals surface area contributed by atoms with Gasteiger partial charge in [-0.15, -0.1) is 11.3 Å². The maximum Gasteiger partial charge on any atom is 0.122 e. The molecule has 0 bridgehead atoms. The molecule has 1 unspecified atom stereocenters. The molecule has 1 aliphatic rings. The van der Waals surface area contributed by atoms with Crippen molar-refractivity contribution in [2.75, 3.05) is 6.61 Å². The molecule has 2 aromatic rings. The van der Waals surface area contributed by atoms with Gasteiger partial charge >= 0.3 is 0 Å². The summed E-state index contributed by atoms with van der Waals surface area (Å²) < 4.78 is 6.66. The average molecular weight is 339 g/mol. The van der Waals surface area contributed by atoms with Crippen molar-refractivity contribution in [3.8, 4) is 5.75 Å². The second-order valence-corrected chi connectivity index (χ2v) is 6.53. The van der Waals surface area contributed by atoms with Gasteiger partial charge in [0.15, 0.2) is 0 Å². The molecule has 3 rings (SSSR count). The van der Waals surface area contributed by atoms with Crippen LogP contribution in [0.2, 0.25) is 0 Å². The van der Waals surface area contributed by atoms with Gasteiger partial charge < -0.3 is 4.74 Å². The molecule has 0 spiro atoms. The molecular formula is C14H15BrN2OS. The van der Waals surface area contributed by atoms with Crippen LogP contribution in [0.4, 0.5) is 0 Å². The van der Waals surface area contributed by atoms with Gasteiger partial charge in [0.05, 0.1) is 12.6 Å². The molecule has 1 aromatic carbocycles. The quantitative estimate of drug-likeness (QED) is 0.664. The smallest absolute Gasteiger partial charge is 0.122 e. The van der Waals surface area contributed by atoms with Gasteiger partial charge in [-0.25, -0.2) is 0 Å².